The minimum Gasteiger partial charge on any atom is -0.310 e. The SMILES string of the molecule is CC(NCCCn1ccnn1)c1ccc(I)cc1. The van der Waals surface area contributed by atoms with Gasteiger partial charge in [0, 0.05) is 22.4 Å². The molecule has 0 radical (unpaired) electrons. The summed E-state index contributed by atoms with van der Waals surface area (Å²) in [4.78, 5) is 0. The molecule has 0 saturated carbocycles. The van der Waals surface area contributed by atoms with E-state index in [0.29, 0.717) is 6.04 Å². The molecule has 2 aromatic rings. The first kappa shape index (κ1) is 13.5. The maximum absolute atomic E-state index is 3.94. The summed E-state index contributed by atoms with van der Waals surface area (Å²) in [6, 6.07) is 9.03. The van der Waals surface area contributed by atoms with Crippen molar-refractivity contribution in [2.24, 2.45) is 0 Å². The van der Waals surface area contributed by atoms with E-state index in [9.17, 15) is 0 Å². The van der Waals surface area contributed by atoms with E-state index < -0.39 is 0 Å². The van der Waals surface area contributed by atoms with Crippen molar-refractivity contribution < 1.29 is 0 Å². The van der Waals surface area contributed by atoms with Gasteiger partial charge in [-0.2, -0.15) is 0 Å². The third-order valence-corrected chi connectivity index (χ3v) is 3.58. The van der Waals surface area contributed by atoms with Crippen LogP contribution in [0, 0.1) is 3.57 Å². The summed E-state index contributed by atoms with van der Waals surface area (Å²) in [5, 5.41) is 11.2. The van der Waals surface area contributed by atoms with Gasteiger partial charge in [-0.25, -0.2) is 0 Å². The Labute approximate surface area is 121 Å². The zero-order chi connectivity index (χ0) is 12.8. The molecular weight excluding hydrogens is 339 g/mol. The average molecular weight is 356 g/mol. The van der Waals surface area contributed by atoms with E-state index >= 15 is 0 Å². The van der Waals surface area contributed by atoms with Gasteiger partial charge in [0.05, 0.1) is 6.20 Å². The molecule has 0 aliphatic heterocycles. The highest BCUT2D eigenvalue weighted by atomic mass is 127. The monoisotopic (exact) mass is 356 g/mol. The zero-order valence-electron chi connectivity index (χ0n) is 10.4. The molecule has 1 heterocycles. The van der Waals surface area contributed by atoms with Crippen molar-refractivity contribution in [2.45, 2.75) is 25.9 Å². The summed E-state index contributed by atoms with van der Waals surface area (Å²) in [5.74, 6) is 0. The Kier molecular flexibility index (Phi) is 5.12. The van der Waals surface area contributed by atoms with Gasteiger partial charge >= 0.3 is 0 Å². The van der Waals surface area contributed by atoms with E-state index in [1.165, 1.54) is 9.13 Å². The number of benzene rings is 1. The molecule has 1 aromatic carbocycles. The molecule has 0 aliphatic rings. The first-order chi connectivity index (χ1) is 8.75. The Morgan fingerprint density at radius 1 is 1.33 bits per heavy atom. The number of nitrogens with one attached hydrogen (secondary N) is 1. The second-order valence-electron chi connectivity index (χ2n) is 4.25. The van der Waals surface area contributed by atoms with E-state index in [1.807, 2.05) is 10.9 Å². The van der Waals surface area contributed by atoms with E-state index in [4.69, 9.17) is 0 Å². The van der Waals surface area contributed by atoms with Gasteiger partial charge in [0.1, 0.15) is 0 Å². The second kappa shape index (κ2) is 6.84. The molecule has 4 nitrogen and oxygen atoms in total. The van der Waals surface area contributed by atoms with Gasteiger partial charge < -0.3 is 5.32 Å². The van der Waals surface area contributed by atoms with Crippen LogP contribution in [0.1, 0.15) is 24.9 Å². The van der Waals surface area contributed by atoms with Gasteiger partial charge in [-0.05, 0) is 60.2 Å². The van der Waals surface area contributed by atoms with Crippen LogP contribution in [0.25, 0.3) is 0 Å². The largest absolute Gasteiger partial charge is 0.310 e. The van der Waals surface area contributed by atoms with Crippen LogP contribution < -0.4 is 5.32 Å². The molecule has 0 bridgehead atoms. The zero-order valence-corrected chi connectivity index (χ0v) is 12.5. The Morgan fingerprint density at radius 2 is 2.11 bits per heavy atom. The highest BCUT2D eigenvalue weighted by Gasteiger charge is 2.03. The molecule has 0 aliphatic carbocycles. The maximum Gasteiger partial charge on any atom is 0.0692 e. The number of aromatic nitrogens is 3. The van der Waals surface area contributed by atoms with E-state index in [0.717, 1.165) is 19.5 Å². The fourth-order valence-corrected chi connectivity index (χ4v) is 2.14. The van der Waals surface area contributed by atoms with Gasteiger partial charge in [0.2, 0.25) is 0 Å². The van der Waals surface area contributed by atoms with Crippen LogP contribution in [-0.4, -0.2) is 21.5 Å². The summed E-state index contributed by atoms with van der Waals surface area (Å²) in [6.45, 7) is 4.08. The van der Waals surface area contributed by atoms with Gasteiger partial charge in [-0.1, -0.05) is 17.3 Å². The van der Waals surface area contributed by atoms with Crippen molar-refractivity contribution in [1.82, 2.24) is 20.3 Å². The summed E-state index contributed by atoms with van der Waals surface area (Å²) in [5.41, 5.74) is 1.33. The number of aryl methyl sites for hydroxylation is 1. The second-order valence-corrected chi connectivity index (χ2v) is 5.49. The molecule has 0 spiro atoms. The lowest BCUT2D eigenvalue weighted by atomic mass is 10.1. The minimum absolute atomic E-state index is 0.387. The highest BCUT2D eigenvalue weighted by Crippen LogP contribution is 2.14. The fourth-order valence-electron chi connectivity index (χ4n) is 1.78. The third kappa shape index (κ3) is 4.06. The van der Waals surface area contributed by atoms with Crippen LogP contribution >= 0.6 is 22.6 Å². The molecular formula is C13H17IN4. The van der Waals surface area contributed by atoms with E-state index in [2.05, 4.69) is 69.4 Å². The molecule has 0 saturated heterocycles. The van der Waals surface area contributed by atoms with Crippen LogP contribution in [0.15, 0.2) is 36.7 Å². The molecule has 1 unspecified atom stereocenters. The lowest BCUT2D eigenvalue weighted by Crippen LogP contribution is -2.21. The quantitative estimate of drug-likeness (QED) is 0.639. The molecule has 18 heavy (non-hydrogen) atoms. The highest BCUT2D eigenvalue weighted by molar-refractivity contribution is 14.1. The molecule has 2 rings (SSSR count). The summed E-state index contributed by atoms with van der Waals surface area (Å²) in [7, 11) is 0. The summed E-state index contributed by atoms with van der Waals surface area (Å²) in [6.07, 6.45) is 4.66. The maximum atomic E-state index is 3.94. The van der Waals surface area contributed by atoms with Gasteiger partial charge in [0.25, 0.3) is 0 Å². The third-order valence-electron chi connectivity index (χ3n) is 2.86. The summed E-state index contributed by atoms with van der Waals surface area (Å²) < 4.78 is 3.13. The predicted molar refractivity (Wildman–Crippen MR) is 80.2 cm³/mol. The number of nitrogens with zero attached hydrogens (tertiary/aromatic N) is 3. The van der Waals surface area contributed by atoms with Crippen LogP contribution in [0.4, 0.5) is 0 Å². The number of halogens is 1. The first-order valence-electron chi connectivity index (χ1n) is 6.08. The number of rotatable bonds is 6. The molecule has 96 valence electrons. The van der Waals surface area contributed by atoms with Crippen molar-refractivity contribution in [3.05, 3.63) is 45.8 Å². The van der Waals surface area contributed by atoms with Gasteiger partial charge in [-0.15, -0.1) is 5.10 Å². The van der Waals surface area contributed by atoms with Crippen LogP contribution in [0.3, 0.4) is 0 Å². The van der Waals surface area contributed by atoms with Crippen molar-refractivity contribution in [3.63, 3.8) is 0 Å². The minimum atomic E-state index is 0.387. The first-order valence-corrected chi connectivity index (χ1v) is 7.16. The molecule has 0 fully saturated rings. The van der Waals surface area contributed by atoms with Crippen LogP contribution in [-0.2, 0) is 6.54 Å². The Bertz CT molecular complexity index is 452. The van der Waals surface area contributed by atoms with Gasteiger partial charge in [-0.3, -0.25) is 4.68 Å². The molecule has 1 aromatic heterocycles. The smallest absolute Gasteiger partial charge is 0.0692 e. The molecule has 1 atom stereocenters. The Balaban J connectivity index is 1.71. The van der Waals surface area contributed by atoms with Crippen LogP contribution in [0.5, 0.6) is 0 Å². The molecule has 0 amide bonds. The van der Waals surface area contributed by atoms with Crippen molar-refractivity contribution in [2.75, 3.05) is 6.54 Å². The lowest BCUT2D eigenvalue weighted by Gasteiger charge is -2.14. The molecule has 5 heteroatoms. The predicted octanol–water partition coefficient (Wildman–Crippen LogP) is 2.62. The fraction of sp³-hybridized carbons (Fsp3) is 0.385. The van der Waals surface area contributed by atoms with E-state index in [-0.39, 0.29) is 0 Å². The lowest BCUT2D eigenvalue weighted by molar-refractivity contribution is 0.499. The normalized spacial score (nSPS) is 12.6. The van der Waals surface area contributed by atoms with Crippen LogP contribution in [0.2, 0.25) is 0 Å². The standard InChI is InChI=1S/C13H17IN4/c1-11(12-3-5-13(14)6-4-12)15-7-2-9-18-10-8-16-17-18/h3-6,8,10-11,15H,2,7,9H2,1H3. The average Bonchev–Trinajstić information content (AvgIpc) is 2.88. The summed E-state index contributed by atoms with van der Waals surface area (Å²) >= 11 is 2.32. The number of hydrogen-bond acceptors (Lipinski definition) is 3. The Hall–Kier alpha value is -0.950. The van der Waals surface area contributed by atoms with Crippen molar-refractivity contribution in [3.8, 4) is 0 Å². The topological polar surface area (TPSA) is 42.7 Å². The molecule has 1 N–H and O–H groups in total. The Morgan fingerprint density at radius 3 is 2.78 bits per heavy atom. The van der Waals surface area contributed by atoms with E-state index in [1.54, 1.807) is 6.20 Å². The van der Waals surface area contributed by atoms with Gasteiger partial charge in [0.15, 0.2) is 0 Å². The number of hydrogen-bond donors (Lipinski definition) is 1. The van der Waals surface area contributed by atoms with Crippen molar-refractivity contribution in [1.29, 1.82) is 0 Å². The van der Waals surface area contributed by atoms with Crippen molar-refractivity contribution >= 4 is 22.6 Å².